The standard InChI is InChI=1S/C19H19ClN2O3/c1-9-6-10-2-5-14-19(10)16(18(23)25-14)17(9)22-13-4-3-11(20)7-12(13)21-15(22)8-24-19/h3-4,7,9-10,14,16-17H,2,5-6,8H2,1H3/t9-,10+,14+,16+,17+,19+/m0/s1. The monoisotopic (exact) mass is 358 g/mol. The molecule has 6 atom stereocenters. The highest BCUT2D eigenvalue weighted by Crippen LogP contribution is 2.62. The van der Waals surface area contributed by atoms with Gasteiger partial charge in [-0.15, -0.1) is 0 Å². The zero-order valence-electron chi connectivity index (χ0n) is 13.9. The summed E-state index contributed by atoms with van der Waals surface area (Å²) in [4.78, 5) is 17.7. The second kappa shape index (κ2) is 4.57. The van der Waals surface area contributed by atoms with E-state index in [-0.39, 0.29) is 24.0 Å². The Kier molecular flexibility index (Phi) is 2.66. The fourth-order valence-electron chi connectivity index (χ4n) is 6.14. The molecule has 2 bridgehead atoms. The van der Waals surface area contributed by atoms with Crippen molar-refractivity contribution in [2.75, 3.05) is 0 Å². The van der Waals surface area contributed by atoms with Crippen LogP contribution in [0.25, 0.3) is 11.0 Å². The van der Waals surface area contributed by atoms with E-state index in [1.54, 1.807) is 0 Å². The van der Waals surface area contributed by atoms with E-state index in [9.17, 15) is 4.79 Å². The van der Waals surface area contributed by atoms with Crippen LogP contribution in [0.1, 0.15) is 38.1 Å². The fourth-order valence-corrected chi connectivity index (χ4v) is 6.31. The van der Waals surface area contributed by atoms with Crippen LogP contribution in [0.15, 0.2) is 18.2 Å². The second-order valence-electron chi connectivity index (χ2n) is 8.05. The predicted molar refractivity (Wildman–Crippen MR) is 91.2 cm³/mol. The molecule has 3 heterocycles. The number of carbonyl (C=O) groups is 1. The van der Waals surface area contributed by atoms with E-state index in [1.807, 2.05) is 18.2 Å². The van der Waals surface area contributed by atoms with Crippen molar-refractivity contribution >= 4 is 28.6 Å². The summed E-state index contributed by atoms with van der Waals surface area (Å²) in [7, 11) is 0. The molecule has 1 aromatic carbocycles. The average molecular weight is 359 g/mol. The molecule has 2 aliphatic heterocycles. The summed E-state index contributed by atoms with van der Waals surface area (Å²) < 4.78 is 14.6. The average Bonchev–Trinajstić information content (AvgIpc) is 3.15. The number of halogens is 1. The number of imidazole rings is 1. The number of nitrogens with zero attached hydrogens (tertiary/aromatic N) is 2. The Morgan fingerprint density at radius 2 is 2.24 bits per heavy atom. The van der Waals surface area contributed by atoms with Crippen molar-refractivity contribution in [3.8, 4) is 0 Å². The van der Waals surface area contributed by atoms with Crippen LogP contribution in [0.5, 0.6) is 0 Å². The van der Waals surface area contributed by atoms with Crippen molar-refractivity contribution < 1.29 is 14.3 Å². The van der Waals surface area contributed by atoms with Gasteiger partial charge in [-0.05, 0) is 49.3 Å². The molecule has 1 aromatic heterocycles. The highest BCUT2D eigenvalue weighted by atomic mass is 35.5. The minimum absolute atomic E-state index is 0.0375. The van der Waals surface area contributed by atoms with Crippen molar-refractivity contribution in [1.29, 1.82) is 0 Å². The number of ether oxygens (including phenoxy) is 2. The van der Waals surface area contributed by atoms with Gasteiger partial charge < -0.3 is 14.0 Å². The molecule has 0 radical (unpaired) electrons. The van der Waals surface area contributed by atoms with Crippen LogP contribution in [0.2, 0.25) is 5.02 Å². The number of carbonyl (C=O) groups excluding carboxylic acids is 1. The molecule has 0 N–H and O–H groups in total. The maximum absolute atomic E-state index is 12.9. The third kappa shape index (κ3) is 1.60. The topological polar surface area (TPSA) is 53.4 Å². The molecule has 6 heteroatoms. The third-order valence-corrected chi connectivity index (χ3v) is 7.21. The lowest BCUT2D eigenvalue weighted by Crippen LogP contribution is -2.54. The van der Waals surface area contributed by atoms with Gasteiger partial charge in [-0.25, -0.2) is 4.98 Å². The van der Waals surface area contributed by atoms with Gasteiger partial charge in [0.05, 0.1) is 17.1 Å². The number of hydrogen-bond acceptors (Lipinski definition) is 4. The minimum Gasteiger partial charge on any atom is -0.459 e. The van der Waals surface area contributed by atoms with Gasteiger partial charge >= 0.3 is 5.97 Å². The first-order valence-electron chi connectivity index (χ1n) is 9.10. The number of hydrogen-bond donors (Lipinski definition) is 0. The minimum atomic E-state index is -0.451. The van der Waals surface area contributed by atoms with Gasteiger partial charge in [-0.1, -0.05) is 18.5 Å². The zero-order chi connectivity index (χ0) is 16.9. The highest BCUT2D eigenvalue weighted by molar-refractivity contribution is 6.31. The lowest BCUT2D eigenvalue weighted by atomic mass is 9.64. The molecule has 3 fully saturated rings. The highest BCUT2D eigenvalue weighted by Gasteiger charge is 2.71. The van der Waals surface area contributed by atoms with Crippen LogP contribution >= 0.6 is 11.6 Å². The summed E-state index contributed by atoms with van der Waals surface area (Å²) in [5.41, 5.74) is 1.45. The van der Waals surface area contributed by atoms with E-state index in [1.165, 1.54) is 0 Å². The van der Waals surface area contributed by atoms with Crippen LogP contribution in [-0.2, 0) is 20.9 Å². The van der Waals surface area contributed by atoms with Crippen molar-refractivity contribution in [2.45, 2.75) is 50.5 Å². The van der Waals surface area contributed by atoms with Crippen molar-refractivity contribution in [3.63, 3.8) is 0 Å². The van der Waals surface area contributed by atoms with Gasteiger partial charge in [-0.2, -0.15) is 0 Å². The summed E-state index contributed by atoms with van der Waals surface area (Å²) in [6.45, 7) is 2.68. The van der Waals surface area contributed by atoms with Crippen LogP contribution < -0.4 is 0 Å². The van der Waals surface area contributed by atoms with Gasteiger partial charge in [-0.3, -0.25) is 4.79 Å². The third-order valence-electron chi connectivity index (χ3n) is 6.97. The molecular weight excluding hydrogens is 340 g/mol. The Bertz CT molecular complexity index is 925. The maximum Gasteiger partial charge on any atom is 0.314 e. The van der Waals surface area contributed by atoms with Crippen LogP contribution in [0, 0.1) is 17.8 Å². The molecule has 2 aliphatic carbocycles. The first-order chi connectivity index (χ1) is 12.1. The SMILES string of the molecule is C[C@H]1C[C@H]2CC[C@H]3OC(=O)[C@H]4[C@@H]1n1c(nc5cc(Cl)ccc51)CO[C@]234. The van der Waals surface area contributed by atoms with Crippen molar-refractivity contribution in [3.05, 3.63) is 29.0 Å². The molecule has 0 unspecified atom stereocenters. The molecule has 2 aromatic rings. The number of benzene rings is 1. The molecule has 2 saturated carbocycles. The Morgan fingerprint density at radius 1 is 1.36 bits per heavy atom. The van der Waals surface area contributed by atoms with Crippen LogP contribution in [-0.4, -0.2) is 27.2 Å². The molecule has 130 valence electrons. The van der Waals surface area contributed by atoms with E-state index < -0.39 is 5.60 Å². The van der Waals surface area contributed by atoms with E-state index in [0.29, 0.717) is 23.5 Å². The lowest BCUT2D eigenvalue weighted by molar-refractivity contribution is -0.154. The first-order valence-corrected chi connectivity index (χ1v) is 9.48. The molecule has 4 aliphatic rings. The van der Waals surface area contributed by atoms with Gasteiger partial charge in [0.2, 0.25) is 0 Å². The number of fused-ring (bicyclic) bond motifs is 4. The van der Waals surface area contributed by atoms with Crippen molar-refractivity contribution in [2.24, 2.45) is 17.8 Å². The van der Waals surface area contributed by atoms with Gasteiger partial charge in [0.25, 0.3) is 0 Å². The largest absolute Gasteiger partial charge is 0.459 e. The Labute approximate surface area is 150 Å². The number of rotatable bonds is 0. The molecule has 6 rings (SSSR count). The van der Waals surface area contributed by atoms with Crippen LogP contribution in [0.3, 0.4) is 0 Å². The van der Waals surface area contributed by atoms with Gasteiger partial charge in [0.15, 0.2) is 0 Å². The summed E-state index contributed by atoms with van der Waals surface area (Å²) in [5, 5.41) is 0.672. The second-order valence-corrected chi connectivity index (χ2v) is 8.49. The summed E-state index contributed by atoms with van der Waals surface area (Å²) >= 11 is 6.15. The van der Waals surface area contributed by atoms with E-state index in [4.69, 9.17) is 26.1 Å². The summed E-state index contributed by atoms with van der Waals surface area (Å²) in [6.07, 6.45) is 2.99. The number of aromatic nitrogens is 2. The van der Waals surface area contributed by atoms with Gasteiger partial charge in [0.1, 0.15) is 30.1 Å². The molecule has 0 amide bonds. The van der Waals surface area contributed by atoms with E-state index in [2.05, 4.69) is 11.5 Å². The zero-order valence-corrected chi connectivity index (χ0v) is 14.7. The molecule has 25 heavy (non-hydrogen) atoms. The maximum atomic E-state index is 12.9. The molecular formula is C19H19ClN2O3. The molecule has 5 nitrogen and oxygen atoms in total. The van der Waals surface area contributed by atoms with E-state index in [0.717, 1.165) is 36.1 Å². The fraction of sp³-hybridized carbons (Fsp3) is 0.579. The quantitative estimate of drug-likeness (QED) is 0.676. The predicted octanol–water partition coefficient (Wildman–Crippen LogP) is 3.49. The Hall–Kier alpha value is -1.59. The number of esters is 1. The van der Waals surface area contributed by atoms with Gasteiger partial charge in [0, 0.05) is 5.02 Å². The lowest BCUT2D eigenvalue weighted by Gasteiger charge is -2.46. The van der Waals surface area contributed by atoms with E-state index >= 15 is 0 Å². The molecule has 1 spiro atoms. The smallest absolute Gasteiger partial charge is 0.314 e. The summed E-state index contributed by atoms with van der Waals surface area (Å²) in [5.74, 6) is 1.36. The Balaban J connectivity index is 1.63. The van der Waals surface area contributed by atoms with Crippen molar-refractivity contribution in [1.82, 2.24) is 9.55 Å². The first kappa shape index (κ1) is 14.6. The summed E-state index contributed by atoms with van der Waals surface area (Å²) in [6, 6.07) is 5.82. The Morgan fingerprint density at radius 3 is 3.12 bits per heavy atom. The molecule has 1 saturated heterocycles. The van der Waals surface area contributed by atoms with Crippen LogP contribution in [0.4, 0.5) is 0 Å². The normalized spacial score (nSPS) is 41.4.